The van der Waals surface area contributed by atoms with Crippen molar-refractivity contribution in [2.75, 3.05) is 4.90 Å². The van der Waals surface area contributed by atoms with Crippen LogP contribution in [0.4, 0.5) is 17.1 Å². The van der Waals surface area contributed by atoms with Crippen LogP contribution in [-0.4, -0.2) is 4.98 Å². The van der Waals surface area contributed by atoms with Gasteiger partial charge in [0.1, 0.15) is 11.1 Å². The summed E-state index contributed by atoms with van der Waals surface area (Å²) in [5.41, 5.74) is 14.1. The molecule has 11 aromatic rings. The number of anilines is 3. The van der Waals surface area contributed by atoms with Gasteiger partial charge in [0.15, 0.2) is 11.2 Å². The van der Waals surface area contributed by atoms with Crippen molar-refractivity contribution in [3.63, 3.8) is 0 Å². The van der Waals surface area contributed by atoms with Gasteiger partial charge in [-0.3, -0.25) is 0 Å². The smallest absolute Gasteiger partial charge is 0.227 e. The summed E-state index contributed by atoms with van der Waals surface area (Å²) in [7, 11) is 0. The highest BCUT2D eigenvalue weighted by Crippen LogP contribution is 2.47. The van der Waals surface area contributed by atoms with Crippen LogP contribution in [0.3, 0.4) is 0 Å². The molecule has 11 rings (SSSR count). The number of para-hydroxylation sites is 2. The minimum Gasteiger partial charge on any atom is -0.454 e. The summed E-state index contributed by atoms with van der Waals surface area (Å²) in [6.45, 7) is 0. The van der Waals surface area contributed by atoms with Crippen LogP contribution >= 0.6 is 0 Å². The van der Waals surface area contributed by atoms with Gasteiger partial charge in [-0.2, -0.15) is 0 Å². The molecule has 4 nitrogen and oxygen atoms in total. The van der Waals surface area contributed by atoms with E-state index >= 15 is 0 Å². The van der Waals surface area contributed by atoms with Crippen LogP contribution in [0.25, 0.3) is 88.6 Å². The van der Waals surface area contributed by atoms with Crippen LogP contribution in [0.5, 0.6) is 0 Å². The molecule has 4 heteroatoms. The van der Waals surface area contributed by atoms with Gasteiger partial charge >= 0.3 is 0 Å². The van der Waals surface area contributed by atoms with Gasteiger partial charge in [-0.15, -0.1) is 0 Å². The van der Waals surface area contributed by atoms with Gasteiger partial charge in [-0.1, -0.05) is 146 Å². The number of hydrogen-bond acceptors (Lipinski definition) is 4. The van der Waals surface area contributed by atoms with Crippen molar-refractivity contribution < 1.29 is 8.83 Å². The second-order valence-corrected chi connectivity index (χ2v) is 14.4. The van der Waals surface area contributed by atoms with Crippen molar-refractivity contribution in [1.29, 1.82) is 0 Å². The molecular formula is C53H34N2O2. The molecule has 0 N–H and O–H groups in total. The number of oxazole rings is 1. The van der Waals surface area contributed by atoms with Gasteiger partial charge in [0, 0.05) is 33.1 Å². The molecule has 0 atom stereocenters. The van der Waals surface area contributed by atoms with Crippen molar-refractivity contribution in [3.05, 3.63) is 206 Å². The molecule has 9 aromatic carbocycles. The Morgan fingerprint density at radius 2 is 0.860 bits per heavy atom. The largest absolute Gasteiger partial charge is 0.454 e. The lowest BCUT2D eigenvalue weighted by Gasteiger charge is -2.27. The molecule has 0 fully saturated rings. The van der Waals surface area contributed by atoms with Gasteiger partial charge in [0.25, 0.3) is 0 Å². The fraction of sp³-hybridized carbons (Fsp3) is 0. The molecule has 2 aromatic heterocycles. The minimum atomic E-state index is 0.568. The number of hydrogen-bond donors (Lipinski definition) is 0. The Balaban J connectivity index is 1.08. The first-order valence-corrected chi connectivity index (χ1v) is 19.2. The average molecular weight is 731 g/mol. The zero-order chi connectivity index (χ0) is 37.7. The third kappa shape index (κ3) is 5.83. The third-order valence-corrected chi connectivity index (χ3v) is 10.9. The van der Waals surface area contributed by atoms with Gasteiger partial charge < -0.3 is 13.7 Å². The lowest BCUT2D eigenvalue weighted by molar-refractivity contribution is 0.619. The standard InChI is InChI=1S/C53H34N2O2/c1-3-11-35(12-4-1)37-19-21-38(22-20-37)40-25-30-44(31-26-40)55(43-28-23-39(24-29-43)36-13-5-2-6-14-36)51-45-16-8-7-15-41(45)33-47-46-32-27-42(34-50(46)56-52(47)51)53-54-48-17-9-10-18-49(48)57-53/h1-34H. The van der Waals surface area contributed by atoms with E-state index < -0.39 is 0 Å². The molecule has 268 valence electrons. The highest BCUT2D eigenvalue weighted by molar-refractivity contribution is 6.19. The van der Waals surface area contributed by atoms with E-state index in [0.717, 1.165) is 77.6 Å². The van der Waals surface area contributed by atoms with E-state index in [-0.39, 0.29) is 0 Å². The molecule has 0 bridgehead atoms. The summed E-state index contributed by atoms with van der Waals surface area (Å²) in [5.74, 6) is 0.568. The Morgan fingerprint density at radius 1 is 0.351 bits per heavy atom. The molecule has 0 aliphatic rings. The Kier molecular flexibility index (Phi) is 7.78. The van der Waals surface area contributed by atoms with E-state index in [1.54, 1.807) is 0 Å². The summed E-state index contributed by atoms with van der Waals surface area (Å²) in [6.07, 6.45) is 0. The fourth-order valence-electron chi connectivity index (χ4n) is 8.03. The average Bonchev–Trinajstić information content (AvgIpc) is 3.89. The summed E-state index contributed by atoms with van der Waals surface area (Å²) < 4.78 is 13.1. The molecule has 2 heterocycles. The fourth-order valence-corrected chi connectivity index (χ4v) is 8.03. The van der Waals surface area contributed by atoms with Crippen LogP contribution in [0, 0.1) is 0 Å². The molecule has 0 unspecified atom stereocenters. The number of aromatic nitrogens is 1. The number of furan rings is 1. The van der Waals surface area contributed by atoms with E-state index in [1.165, 1.54) is 22.3 Å². The maximum Gasteiger partial charge on any atom is 0.227 e. The summed E-state index contributed by atoms with van der Waals surface area (Å²) in [5, 5.41) is 4.30. The maximum atomic E-state index is 6.97. The molecule has 0 spiro atoms. The second-order valence-electron chi connectivity index (χ2n) is 14.4. The van der Waals surface area contributed by atoms with E-state index in [9.17, 15) is 0 Å². The summed E-state index contributed by atoms with van der Waals surface area (Å²) in [6, 6.07) is 72.4. The highest BCUT2D eigenvalue weighted by Gasteiger charge is 2.23. The van der Waals surface area contributed by atoms with Gasteiger partial charge in [0.2, 0.25) is 5.89 Å². The minimum absolute atomic E-state index is 0.568. The molecule has 57 heavy (non-hydrogen) atoms. The van der Waals surface area contributed by atoms with Crippen LogP contribution < -0.4 is 4.90 Å². The molecule has 0 saturated heterocycles. The van der Waals surface area contributed by atoms with E-state index in [4.69, 9.17) is 13.8 Å². The van der Waals surface area contributed by atoms with E-state index in [1.807, 2.05) is 30.3 Å². The molecule has 0 aliphatic heterocycles. The Hall–Kier alpha value is -7.69. The lowest BCUT2D eigenvalue weighted by Crippen LogP contribution is -2.11. The number of benzene rings is 9. The van der Waals surface area contributed by atoms with Crippen molar-refractivity contribution in [2.24, 2.45) is 0 Å². The van der Waals surface area contributed by atoms with Crippen LogP contribution in [-0.2, 0) is 0 Å². The Labute approximate surface area is 329 Å². The molecular weight excluding hydrogens is 697 g/mol. The SMILES string of the molecule is c1ccc(-c2ccc(-c3ccc(N(c4ccc(-c5ccccc5)cc4)c4c5ccccc5cc5c4oc4cc(-c6nc7ccccc7o6)ccc45)cc3)cc2)cc1. The molecule has 0 saturated carbocycles. The Morgan fingerprint density at radius 3 is 1.47 bits per heavy atom. The van der Waals surface area contributed by atoms with Crippen LogP contribution in [0.1, 0.15) is 0 Å². The zero-order valence-electron chi connectivity index (χ0n) is 30.8. The second kappa shape index (κ2) is 13.6. The van der Waals surface area contributed by atoms with Crippen molar-refractivity contribution in [3.8, 4) is 44.8 Å². The normalized spacial score (nSPS) is 11.5. The Bertz CT molecular complexity index is 3170. The molecule has 0 radical (unpaired) electrons. The van der Waals surface area contributed by atoms with E-state index in [2.05, 4.69) is 181 Å². The number of nitrogens with zero attached hydrogens (tertiary/aromatic N) is 2. The van der Waals surface area contributed by atoms with Gasteiger partial charge in [-0.05, 0) is 99.4 Å². The quantitative estimate of drug-likeness (QED) is 0.164. The van der Waals surface area contributed by atoms with Crippen molar-refractivity contribution >= 4 is 60.9 Å². The van der Waals surface area contributed by atoms with Crippen LogP contribution in [0.2, 0.25) is 0 Å². The maximum absolute atomic E-state index is 6.97. The first-order chi connectivity index (χ1) is 28.2. The van der Waals surface area contributed by atoms with Crippen molar-refractivity contribution in [1.82, 2.24) is 4.98 Å². The molecule has 0 aliphatic carbocycles. The lowest BCUT2D eigenvalue weighted by atomic mass is 9.99. The highest BCUT2D eigenvalue weighted by atomic mass is 16.3. The van der Waals surface area contributed by atoms with Crippen molar-refractivity contribution in [2.45, 2.75) is 0 Å². The predicted molar refractivity (Wildman–Crippen MR) is 235 cm³/mol. The third-order valence-electron chi connectivity index (χ3n) is 10.9. The summed E-state index contributed by atoms with van der Waals surface area (Å²) in [4.78, 5) is 7.11. The summed E-state index contributed by atoms with van der Waals surface area (Å²) >= 11 is 0. The van der Waals surface area contributed by atoms with E-state index in [0.29, 0.717) is 5.89 Å². The van der Waals surface area contributed by atoms with Gasteiger partial charge in [0.05, 0.1) is 5.69 Å². The zero-order valence-corrected chi connectivity index (χ0v) is 30.8. The number of fused-ring (bicyclic) bond motifs is 5. The number of rotatable bonds is 7. The monoisotopic (exact) mass is 730 g/mol. The predicted octanol–water partition coefficient (Wildman–Crippen LogP) is 15.0. The topological polar surface area (TPSA) is 42.4 Å². The van der Waals surface area contributed by atoms with Crippen LogP contribution in [0.15, 0.2) is 215 Å². The first kappa shape index (κ1) is 32.7. The molecule has 0 amide bonds. The van der Waals surface area contributed by atoms with Gasteiger partial charge in [-0.25, -0.2) is 4.98 Å². The first-order valence-electron chi connectivity index (χ1n) is 19.2.